The SMILES string of the molecule is Cc1nnc(-c2ccc(CNC(=O)CCOCCOCCOCCOCCOCCC(=O)NCc3ccc(-c4nnc(C)nn4)cc3)cc2)nn1. The van der Waals surface area contributed by atoms with E-state index in [-0.39, 0.29) is 24.7 Å². The molecule has 0 saturated carbocycles. The average molecular weight is 705 g/mol. The standard InChI is InChI=1S/C34H44N10O7/c1-25-37-41-33(42-38-25)29-7-3-27(4-8-29)23-35-31(45)11-13-47-15-17-49-19-21-51-22-20-50-18-16-48-14-12-32(46)36-24-28-5-9-30(10-6-28)34-43-39-26(2)40-44-34/h3-10H,11-24H2,1-2H3,(H,35,45)(H,36,46). The molecule has 272 valence electrons. The van der Waals surface area contributed by atoms with Gasteiger partial charge in [0.1, 0.15) is 0 Å². The molecule has 0 aliphatic carbocycles. The van der Waals surface area contributed by atoms with Crippen LogP contribution in [0.4, 0.5) is 0 Å². The zero-order valence-corrected chi connectivity index (χ0v) is 29.0. The van der Waals surface area contributed by atoms with E-state index in [1.807, 2.05) is 48.5 Å². The third-order valence-electron chi connectivity index (χ3n) is 7.00. The number of carbonyl (C=O) groups excluding carboxylic acids is 2. The van der Waals surface area contributed by atoms with E-state index in [0.29, 0.717) is 102 Å². The molecule has 0 aliphatic heterocycles. The molecule has 0 unspecified atom stereocenters. The zero-order valence-electron chi connectivity index (χ0n) is 29.0. The maximum Gasteiger partial charge on any atom is 0.222 e. The Morgan fingerprint density at radius 1 is 0.451 bits per heavy atom. The van der Waals surface area contributed by atoms with E-state index < -0.39 is 0 Å². The van der Waals surface area contributed by atoms with E-state index in [1.54, 1.807) is 13.8 Å². The Kier molecular flexibility index (Phi) is 17.3. The van der Waals surface area contributed by atoms with Crippen LogP contribution in [0.2, 0.25) is 0 Å². The van der Waals surface area contributed by atoms with Gasteiger partial charge in [-0.15, -0.1) is 40.8 Å². The van der Waals surface area contributed by atoms with Gasteiger partial charge in [-0.05, 0) is 25.0 Å². The predicted octanol–water partition coefficient (Wildman–Crippen LogP) is 1.59. The van der Waals surface area contributed by atoms with Crippen molar-refractivity contribution >= 4 is 11.8 Å². The minimum atomic E-state index is -0.0954. The number of nitrogens with zero attached hydrogens (tertiary/aromatic N) is 8. The summed E-state index contributed by atoms with van der Waals surface area (Å²) in [6.45, 7) is 8.22. The van der Waals surface area contributed by atoms with Crippen molar-refractivity contribution in [2.45, 2.75) is 39.8 Å². The topological polar surface area (TPSA) is 207 Å². The number of aromatic nitrogens is 8. The first-order valence-corrected chi connectivity index (χ1v) is 16.6. The van der Waals surface area contributed by atoms with Gasteiger partial charge in [0.25, 0.3) is 0 Å². The molecule has 0 aliphatic rings. The first kappa shape index (κ1) is 38.9. The molecule has 0 bridgehead atoms. The van der Waals surface area contributed by atoms with Crippen LogP contribution < -0.4 is 10.6 Å². The Morgan fingerprint density at radius 3 is 1.06 bits per heavy atom. The number of hydrogen-bond donors (Lipinski definition) is 2. The second kappa shape index (κ2) is 22.7. The molecule has 0 spiro atoms. The second-order valence-corrected chi connectivity index (χ2v) is 11.1. The van der Waals surface area contributed by atoms with E-state index in [9.17, 15) is 9.59 Å². The highest BCUT2D eigenvalue weighted by molar-refractivity contribution is 5.76. The van der Waals surface area contributed by atoms with Gasteiger partial charge < -0.3 is 34.3 Å². The lowest BCUT2D eigenvalue weighted by Crippen LogP contribution is -2.24. The summed E-state index contributed by atoms with van der Waals surface area (Å²) in [6, 6.07) is 15.1. The summed E-state index contributed by atoms with van der Waals surface area (Å²) in [6.07, 6.45) is 0.519. The van der Waals surface area contributed by atoms with E-state index in [2.05, 4.69) is 51.4 Å². The van der Waals surface area contributed by atoms with Crippen molar-refractivity contribution in [3.05, 3.63) is 71.3 Å². The molecule has 17 heteroatoms. The van der Waals surface area contributed by atoms with Gasteiger partial charge in [-0.25, -0.2) is 0 Å². The van der Waals surface area contributed by atoms with E-state index in [0.717, 1.165) is 22.3 Å². The van der Waals surface area contributed by atoms with Crippen molar-refractivity contribution in [1.82, 2.24) is 51.4 Å². The van der Waals surface area contributed by atoms with Gasteiger partial charge in [-0.2, -0.15) is 0 Å². The van der Waals surface area contributed by atoms with Crippen molar-refractivity contribution in [2.75, 3.05) is 66.1 Å². The van der Waals surface area contributed by atoms with Gasteiger partial charge in [-0.3, -0.25) is 9.59 Å². The molecule has 4 rings (SSSR count). The van der Waals surface area contributed by atoms with Gasteiger partial charge in [0, 0.05) is 37.1 Å². The number of benzene rings is 2. The highest BCUT2D eigenvalue weighted by Gasteiger charge is 2.07. The largest absolute Gasteiger partial charge is 0.379 e. The lowest BCUT2D eigenvalue weighted by molar-refractivity contribution is -0.123. The highest BCUT2D eigenvalue weighted by Crippen LogP contribution is 2.15. The number of amides is 2. The molecular formula is C34H44N10O7. The van der Waals surface area contributed by atoms with Crippen molar-refractivity contribution < 1.29 is 33.3 Å². The maximum absolute atomic E-state index is 12.1. The normalized spacial score (nSPS) is 11.0. The Hall–Kier alpha value is -4.94. The second-order valence-electron chi connectivity index (χ2n) is 11.1. The molecular weight excluding hydrogens is 660 g/mol. The molecule has 2 aromatic carbocycles. The number of aryl methyl sites for hydroxylation is 2. The fraction of sp³-hybridized carbons (Fsp3) is 0.471. The van der Waals surface area contributed by atoms with Crippen LogP contribution >= 0.6 is 0 Å². The summed E-state index contributed by atoms with van der Waals surface area (Å²) in [7, 11) is 0. The molecule has 0 atom stereocenters. The quantitative estimate of drug-likeness (QED) is 0.0993. The van der Waals surface area contributed by atoms with Crippen molar-refractivity contribution in [2.24, 2.45) is 0 Å². The van der Waals surface area contributed by atoms with E-state index in [4.69, 9.17) is 23.7 Å². The summed E-state index contributed by atoms with van der Waals surface area (Å²) in [5.74, 6) is 1.74. The number of hydrogen-bond acceptors (Lipinski definition) is 15. The van der Waals surface area contributed by atoms with Gasteiger partial charge >= 0.3 is 0 Å². The van der Waals surface area contributed by atoms with Crippen molar-refractivity contribution in [3.8, 4) is 22.8 Å². The molecule has 2 aromatic heterocycles. The van der Waals surface area contributed by atoms with Crippen LogP contribution in [0.15, 0.2) is 48.5 Å². The summed E-state index contributed by atoms with van der Waals surface area (Å²) >= 11 is 0. The monoisotopic (exact) mass is 704 g/mol. The maximum atomic E-state index is 12.1. The van der Waals surface area contributed by atoms with Crippen LogP contribution in [-0.2, 0) is 46.4 Å². The van der Waals surface area contributed by atoms with Crippen LogP contribution in [-0.4, -0.2) is 119 Å². The third kappa shape index (κ3) is 15.7. The molecule has 0 fully saturated rings. The molecule has 4 aromatic rings. The fourth-order valence-electron chi connectivity index (χ4n) is 4.22. The third-order valence-corrected chi connectivity index (χ3v) is 7.00. The lowest BCUT2D eigenvalue weighted by Gasteiger charge is -2.09. The molecule has 17 nitrogen and oxygen atoms in total. The first-order chi connectivity index (χ1) is 25.0. The van der Waals surface area contributed by atoms with Crippen LogP contribution in [0.25, 0.3) is 22.8 Å². The zero-order chi connectivity index (χ0) is 35.9. The summed E-state index contributed by atoms with van der Waals surface area (Å²) in [5.41, 5.74) is 3.51. The summed E-state index contributed by atoms with van der Waals surface area (Å²) in [5, 5.41) is 37.5. The number of rotatable bonds is 24. The van der Waals surface area contributed by atoms with Crippen LogP contribution in [0.1, 0.15) is 35.6 Å². The summed E-state index contributed by atoms with van der Waals surface area (Å²) < 4.78 is 27.4. The van der Waals surface area contributed by atoms with Crippen LogP contribution in [0.5, 0.6) is 0 Å². The summed E-state index contributed by atoms with van der Waals surface area (Å²) in [4.78, 5) is 24.2. The number of nitrogens with one attached hydrogen (secondary N) is 2. The van der Waals surface area contributed by atoms with Gasteiger partial charge in [0.15, 0.2) is 11.6 Å². The lowest BCUT2D eigenvalue weighted by atomic mass is 10.1. The molecule has 51 heavy (non-hydrogen) atoms. The van der Waals surface area contributed by atoms with Gasteiger partial charge in [0.2, 0.25) is 23.5 Å². The number of ether oxygens (including phenoxy) is 5. The Morgan fingerprint density at radius 2 is 0.745 bits per heavy atom. The predicted molar refractivity (Wildman–Crippen MR) is 183 cm³/mol. The Balaban J connectivity index is 0.871. The number of carbonyl (C=O) groups is 2. The van der Waals surface area contributed by atoms with Gasteiger partial charge in [-0.1, -0.05) is 48.5 Å². The van der Waals surface area contributed by atoms with Crippen LogP contribution in [0, 0.1) is 13.8 Å². The molecule has 2 amide bonds. The van der Waals surface area contributed by atoms with E-state index >= 15 is 0 Å². The Labute approximate surface area is 296 Å². The van der Waals surface area contributed by atoms with Crippen molar-refractivity contribution in [3.63, 3.8) is 0 Å². The minimum absolute atomic E-state index is 0.0954. The highest BCUT2D eigenvalue weighted by atomic mass is 16.6. The van der Waals surface area contributed by atoms with Gasteiger partial charge in [0.05, 0.1) is 66.1 Å². The molecule has 2 heterocycles. The first-order valence-electron chi connectivity index (χ1n) is 16.6. The fourth-order valence-corrected chi connectivity index (χ4v) is 4.22. The average Bonchev–Trinajstić information content (AvgIpc) is 3.15. The molecule has 2 N–H and O–H groups in total. The van der Waals surface area contributed by atoms with Crippen LogP contribution in [0.3, 0.4) is 0 Å². The molecule has 0 radical (unpaired) electrons. The minimum Gasteiger partial charge on any atom is -0.379 e. The molecule has 0 saturated heterocycles. The van der Waals surface area contributed by atoms with Crippen molar-refractivity contribution in [1.29, 1.82) is 0 Å². The Bertz CT molecular complexity index is 1460. The smallest absolute Gasteiger partial charge is 0.222 e. The van der Waals surface area contributed by atoms with E-state index in [1.165, 1.54) is 0 Å².